The van der Waals surface area contributed by atoms with Gasteiger partial charge in [0.1, 0.15) is 17.4 Å². The number of nitrogens with zero attached hydrogens (tertiary/aromatic N) is 1. The molecular formula is C23H20F3NO2S. The Hall–Kier alpha value is -2.93. The molecule has 3 aromatic rings. The van der Waals surface area contributed by atoms with Gasteiger partial charge in [0.15, 0.2) is 5.78 Å². The van der Waals surface area contributed by atoms with Crippen molar-refractivity contribution >= 4 is 23.2 Å². The summed E-state index contributed by atoms with van der Waals surface area (Å²) >= 11 is 1.40. The van der Waals surface area contributed by atoms with Crippen LogP contribution >= 0.6 is 11.3 Å². The van der Waals surface area contributed by atoms with Gasteiger partial charge in [-0.25, -0.2) is 4.98 Å². The molecule has 3 nitrogen and oxygen atoms in total. The fourth-order valence-corrected chi connectivity index (χ4v) is 3.75. The fraction of sp³-hybridized carbons (Fsp3) is 0.217. The van der Waals surface area contributed by atoms with Gasteiger partial charge in [-0.2, -0.15) is 13.2 Å². The van der Waals surface area contributed by atoms with Gasteiger partial charge in [0.05, 0.1) is 16.1 Å². The molecule has 0 atom stereocenters. The molecule has 0 aliphatic rings. The van der Waals surface area contributed by atoms with Crippen molar-refractivity contribution < 1.29 is 22.7 Å². The molecule has 2 aromatic carbocycles. The number of ether oxygens (including phenoxy) is 1. The lowest BCUT2D eigenvalue weighted by Crippen LogP contribution is -2.03. The van der Waals surface area contributed by atoms with Crippen LogP contribution in [-0.2, 0) is 17.6 Å². The van der Waals surface area contributed by atoms with E-state index in [4.69, 9.17) is 4.74 Å². The number of halogens is 3. The van der Waals surface area contributed by atoms with E-state index in [1.54, 1.807) is 6.08 Å². The second kappa shape index (κ2) is 8.83. The molecule has 0 aliphatic carbocycles. The number of hydrogen-bond donors (Lipinski definition) is 0. The van der Waals surface area contributed by atoms with Crippen LogP contribution in [0.15, 0.2) is 48.5 Å². The third-order valence-corrected chi connectivity index (χ3v) is 5.64. The summed E-state index contributed by atoms with van der Waals surface area (Å²) < 4.78 is 44.1. The number of carbonyl (C=O) groups excluding carboxylic acids is 1. The molecule has 0 radical (unpaired) electrons. The fourth-order valence-electron chi connectivity index (χ4n) is 2.77. The Kier molecular flexibility index (Phi) is 6.41. The first kappa shape index (κ1) is 21.8. The van der Waals surface area contributed by atoms with Crippen LogP contribution in [0.1, 0.15) is 34.2 Å². The standard InChI is InChI=1S/C23H20F3NO2S/c1-14-12-20(11-8-17(14)5-4-15(2)28)29-13-21-16(3)27-22(30-21)18-6-9-19(10-7-18)23(24,25)26/h4-12H,13H2,1-3H3/b5-4+. The molecule has 0 saturated heterocycles. The number of carbonyl (C=O) groups is 1. The van der Waals surface area contributed by atoms with E-state index in [0.717, 1.165) is 33.8 Å². The minimum Gasteiger partial charge on any atom is -0.488 e. The van der Waals surface area contributed by atoms with Crippen molar-refractivity contribution in [3.63, 3.8) is 0 Å². The number of hydrogen-bond acceptors (Lipinski definition) is 4. The van der Waals surface area contributed by atoms with Crippen LogP contribution in [0.5, 0.6) is 5.75 Å². The molecule has 0 amide bonds. The second-order valence-electron chi connectivity index (χ2n) is 6.85. The van der Waals surface area contributed by atoms with Crippen molar-refractivity contribution in [2.24, 2.45) is 0 Å². The van der Waals surface area contributed by atoms with E-state index >= 15 is 0 Å². The average molecular weight is 431 g/mol. The molecule has 0 N–H and O–H groups in total. The molecule has 7 heteroatoms. The normalized spacial score (nSPS) is 11.8. The predicted molar refractivity (Wildman–Crippen MR) is 113 cm³/mol. The van der Waals surface area contributed by atoms with Crippen LogP contribution in [0.25, 0.3) is 16.6 Å². The minimum absolute atomic E-state index is 0.0146. The molecule has 0 fully saturated rings. The van der Waals surface area contributed by atoms with Gasteiger partial charge >= 0.3 is 6.18 Å². The van der Waals surface area contributed by atoms with Crippen molar-refractivity contribution in [2.45, 2.75) is 33.6 Å². The second-order valence-corrected chi connectivity index (χ2v) is 7.94. The van der Waals surface area contributed by atoms with Gasteiger partial charge in [0.25, 0.3) is 0 Å². The highest BCUT2D eigenvalue weighted by atomic mass is 32.1. The summed E-state index contributed by atoms with van der Waals surface area (Å²) in [4.78, 5) is 16.5. The highest BCUT2D eigenvalue weighted by Crippen LogP contribution is 2.33. The van der Waals surface area contributed by atoms with E-state index in [0.29, 0.717) is 22.9 Å². The average Bonchev–Trinajstić information content (AvgIpc) is 3.05. The van der Waals surface area contributed by atoms with E-state index in [-0.39, 0.29) is 5.78 Å². The number of ketones is 1. The number of aromatic nitrogens is 1. The zero-order chi connectivity index (χ0) is 21.9. The maximum atomic E-state index is 12.7. The highest BCUT2D eigenvalue weighted by molar-refractivity contribution is 7.15. The zero-order valence-electron chi connectivity index (χ0n) is 16.7. The number of rotatable bonds is 6. The molecule has 156 valence electrons. The number of benzene rings is 2. The molecule has 0 bridgehead atoms. The Labute approximate surface area is 176 Å². The molecule has 0 aliphatic heterocycles. The Morgan fingerprint density at radius 3 is 2.43 bits per heavy atom. The third-order valence-electron chi connectivity index (χ3n) is 4.46. The molecule has 1 heterocycles. The largest absolute Gasteiger partial charge is 0.488 e. The Morgan fingerprint density at radius 2 is 1.83 bits per heavy atom. The summed E-state index contributed by atoms with van der Waals surface area (Å²) in [6, 6.07) is 10.6. The molecular weight excluding hydrogens is 411 g/mol. The smallest absolute Gasteiger partial charge is 0.416 e. The van der Waals surface area contributed by atoms with Crippen LogP contribution in [0.3, 0.4) is 0 Å². The van der Waals surface area contributed by atoms with Gasteiger partial charge in [-0.05, 0) is 62.2 Å². The van der Waals surface area contributed by atoms with Crippen LogP contribution in [-0.4, -0.2) is 10.8 Å². The van der Waals surface area contributed by atoms with Gasteiger partial charge in [-0.3, -0.25) is 4.79 Å². The monoisotopic (exact) mass is 431 g/mol. The predicted octanol–water partition coefficient (Wildman–Crippen LogP) is 6.63. The summed E-state index contributed by atoms with van der Waals surface area (Å²) in [5, 5.41) is 0.653. The van der Waals surface area contributed by atoms with Crippen LogP contribution < -0.4 is 4.74 Å². The van der Waals surface area contributed by atoms with Gasteiger partial charge in [-0.1, -0.05) is 24.3 Å². The lowest BCUT2D eigenvalue weighted by atomic mass is 10.1. The topological polar surface area (TPSA) is 39.2 Å². The lowest BCUT2D eigenvalue weighted by molar-refractivity contribution is -0.137. The van der Waals surface area contributed by atoms with E-state index in [2.05, 4.69) is 4.98 Å². The van der Waals surface area contributed by atoms with Gasteiger partial charge in [0, 0.05) is 5.56 Å². The Bertz CT molecular complexity index is 1080. The van der Waals surface area contributed by atoms with Crippen LogP contribution in [0.2, 0.25) is 0 Å². The number of thiazole rings is 1. The van der Waals surface area contributed by atoms with Crippen molar-refractivity contribution in [3.05, 3.63) is 75.8 Å². The Morgan fingerprint density at radius 1 is 1.13 bits per heavy atom. The lowest BCUT2D eigenvalue weighted by Gasteiger charge is -2.08. The van der Waals surface area contributed by atoms with E-state index < -0.39 is 11.7 Å². The third kappa shape index (κ3) is 5.36. The van der Waals surface area contributed by atoms with Crippen molar-refractivity contribution in [1.29, 1.82) is 0 Å². The van der Waals surface area contributed by atoms with Gasteiger partial charge < -0.3 is 4.74 Å². The maximum Gasteiger partial charge on any atom is 0.416 e. The molecule has 0 saturated carbocycles. The summed E-state index contributed by atoms with van der Waals surface area (Å²) in [6.45, 7) is 5.60. The number of allylic oxidation sites excluding steroid dienone is 1. The molecule has 0 spiro atoms. The van der Waals surface area contributed by atoms with E-state index in [9.17, 15) is 18.0 Å². The first-order valence-electron chi connectivity index (χ1n) is 9.19. The van der Waals surface area contributed by atoms with E-state index in [1.807, 2.05) is 32.0 Å². The quantitative estimate of drug-likeness (QED) is 0.411. The minimum atomic E-state index is -4.36. The maximum absolute atomic E-state index is 12.7. The molecule has 0 unspecified atom stereocenters. The van der Waals surface area contributed by atoms with E-state index in [1.165, 1.54) is 36.5 Å². The molecule has 3 rings (SSSR count). The van der Waals surface area contributed by atoms with Crippen molar-refractivity contribution in [2.75, 3.05) is 0 Å². The SMILES string of the molecule is CC(=O)/C=C/c1ccc(OCc2sc(-c3ccc(C(F)(F)F)cc3)nc2C)cc1C. The summed E-state index contributed by atoms with van der Waals surface area (Å²) in [7, 11) is 0. The summed E-state index contributed by atoms with van der Waals surface area (Å²) in [6.07, 6.45) is -1.07. The van der Waals surface area contributed by atoms with Gasteiger partial charge in [0.2, 0.25) is 0 Å². The summed E-state index contributed by atoms with van der Waals surface area (Å²) in [5.41, 5.74) is 2.67. The van der Waals surface area contributed by atoms with Crippen molar-refractivity contribution in [3.8, 4) is 16.3 Å². The first-order valence-corrected chi connectivity index (χ1v) is 10.0. The first-order chi connectivity index (χ1) is 14.1. The van der Waals surface area contributed by atoms with Crippen LogP contribution in [0.4, 0.5) is 13.2 Å². The summed E-state index contributed by atoms with van der Waals surface area (Å²) in [5.74, 6) is 0.676. The Balaban J connectivity index is 1.71. The molecule has 30 heavy (non-hydrogen) atoms. The highest BCUT2D eigenvalue weighted by Gasteiger charge is 2.30. The molecule has 1 aromatic heterocycles. The number of aryl methyl sites for hydroxylation is 2. The van der Waals surface area contributed by atoms with Crippen LogP contribution in [0, 0.1) is 13.8 Å². The number of alkyl halides is 3. The van der Waals surface area contributed by atoms with Crippen molar-refractivity contribution in [1.82, 2.24) is 4.98 Å². The zero-order valence-corrected chi connectivity index (χ0v) is 17.5. The van der Waals surface area contributed by atoms with Gasteiger partial charge in [-0.15, -0.1) is 11.3 Å².